The molecule has 2 aromatic carbocycles. The number of anilines is 5. The van der Waals surface area contributed by atoms with Gasteiger partial charge in [0.1, 0.15) is 12.1 Å². The van der Waals surface area contributed by atoms with E-state index in [9.17, 15) is 4.79 Å². The molecular weight excluding hydrogens is 418 g/mol. The van der Waals surface area contributed by atoms with Gasteiger partial charge in [0.15, 0.2) is 0 Å². The number of nitrogens with zero attached hydrogens (tertiary/aromatic N) is 5. The summed E-state index contributed by atoms with van der Waals surface area (Å²) in [6.07, 6.45) is 1.52. The standard InChI is InChI=1S/C24H29N7O2/c1-4-33-22-11-6-5-10-21(22)30-12-14-31(15-13-30)24-26-16-25-23(29-24)28-20-9-7-8-19(17(20)2)27-18(3)32/h5-11,16H,4,12-15H2,1-3H3,(H,27,32)(H,25,26,28,29). The van der Waals surface area contributed by atoms with E-state index in [1.165, 1.54) is 13.3 Å². The van der Waals surface area contributed by atoms with Gasteiger partial charge in [0.2, 0.25) is 17.8 Å². The van der Waals surface area contributed by atoms with Crippen molar-refractivity contribution in [1.82, 2.24) is 15.0 Å². The van der Waals surface area contributed by atoms with Gasteiger partial charge in [0, 0.05) is 44.5 Å². The second-order valence-electron chi connectivity index (χ2n) is 7.77. The van der Waals surface area contributed by atoms with Crippen LogP contribution in [0.4, 0.5) is 29.0 Å². The molecule has 0 saturated carbocycles. The molecule has 0 spiro atoms. The lowest BCUT2D eigenvalue weighted by molar-refractivity contribution is -0.114. The van der Waals surface area contributed by atoms with E-state index >= 15 is 0 Å². The number of benzene rings is 2. The number of aromatic nitrogens is 3. The monoisotopic (exact) mass is 447 g/mol. The zero-order valence-electron chi connectivity index (χ0n) is 19.2. The van der Waals surface area contributed by atoms with Gasteiger partial charge in [-0.25, -0.2) is 9.97 Å². The van der Waals surface area contributed by atoms with Gasteiger partial charge in [-0.3, -0.25) is 4.79 Å². The highest BCUT2D eigenvalue weighted by Gasteiger charge is 2.22. The van der Waals surface area contributed by atoms with E-state index in [1.807, 2.05) is 50.2 Å². The molecule has 1 amide bonds. The van der Waals surface area contributed by atoms with Crippen LogP contribution in [0, 0.1) is 6.92 Å². The van der Waals surface area contributed by atoms with Gasteiger partial charge in [-0.15, -0.1) is 0 Å². The number of para-hydroxylation sites is 2. The van der Waals surface area contributed by atoms with Crippen LogP contribution in [0.25, 0.3) is 0 Å². The van der Waals surface area contributed by atoms with Gasteiger partial charge in [-0.2, -0.15) is 4.98 Å². The average Bonchev–Trinajstić information content (AvgIpc) is 2.82. The van der Waals surface area contributed by atoms with Crippen LogP contribution in [0.5, 0.6) is 5.75 Å². The summed E-state index contributed by atoms with van der Waals surface area (Å²) >= 11 is 0. The fourth-order valence-corrected chi connectivity index (χ4v) is 3.86. The molecule has 172 valence electrons. The van der Waals surface area contributed by atoms with E-state index in [4.69, 9.17) is 4.74 Å². The third kappa shape index (κ3) is 5.31. The molecule has 0 atom stereocenters. The quantitative estimate of drug-likeness (QED) is 0.567. The maximum Gasteiger partial charge on any atom is 0.232 e. The predicted octanol–water partition coefficient (Wildman–Crippen LogP) is 3.61. The first-order chi connectivity index (χ1) is 16.0. The van der Waals surface area contributed by atoms with Crippen LogP contribution in [0.3, 0.4) is 0 Å². The molecule has 4 rings (SSSR count). The Morgan fingerprint density at radius 3 is 2.48 bits per heavy atom. The molecule has 1 saturated heterocycles. The lowest BCUT2D eigenvalue weighted by Gasteiger charge is -2.36. The van der Waals surface area contributed by atoms with Crippen molar-refractivity contribution in [3.05, 3.63) is 54.4 Å². The molecule has 33 heavy (non-hydrogen) atoms. The summed E-state index contributed by atoms with van der Waals surface area (Å²) in [4.78, 5) is 29.2. The highest BCUT2D eigenvalue weighted by molar-refractivity contribution is 5.90. The maximum atomic E-state index is 11.4. The molecule has 1 fully saturated rings. The molecule has 0 radical (unpaired) electrons. The molecular formula is C24H29N7O2. The molecule has 3 aromatic rings. The Hall–Kier alpha value is -3.88. The fraction of sp³-hybridized carbons (Fsp3) is 0.333. The summed E-state index contributed by atoms with van der Waals surface area (Å²) in [5.74, 6) is 1.91. The van der Waals surface area contributed by atoms with Gasteiger partial charge >= 0.3 is 0 Å². The molecule has 2 N–H and O–H groups in total. The fourth-order valence-electron chi connectivity index (χ4n) is 3.86. The number of hydrogen-bond acceptors (Lipinski definition) is 8. The van der Waals surface area contributed by atoms with E-state index in [0.29, 0.717) is 18.5 Å². The smallest absolute Gasteiger partial charge is 0.232 e. The molecule has 1 aliphatic heterocycles. The molecule has 1 aliphatic rings. The molecule has 9 nitrogen and oxygen atoms in total. The SMILES string of the molecule is CCOc1ccccc1N1CCN(c2ncnc(Nc3cccc(NC(C)=O)c3C)n2)CC1. The van der Waals surface area contributed by atoms with Gasteiger partial charge < -0.3 is 25.2 Å². The van der Waals surface area contributed by atoms with Crippen LogP contribution in [-0.4, -0.2) is 53.6 Å². The minimum atomic E-state index is -0.110. The number of ether oxygens (including phenoxy) is 1. The third-order valence-electron chi connectivity index (χ3n) is 5.52. The Kier molecular flexibility index (Phi) is 6.87. The number of carbonyl (C=O) groups excluding carboxylic acids is 1. The number of hydrogen-bond donors (Lipinski definition) is 2. The Labute approximate surface area is 193 Å². The van der Waals surface area contributed by atoms with E-state index in [-0.39, 0.29) is 5.91 Å². The Bertz CT molecular complexity index is 1110. The van der Waals surface area contributed by atoms with Crippen molar-refractivity contribution in [2.24, 2.45) is 0 Å². The normalized spacial score (nSPS) is 13.5. The van der Waals surface area contributed by atoms with Gasteiger partial charge in [-0.05, 0) is 43.7 Å². The summed E-state index contributed by atoms with van der Waals surface area (Å²) in [6, 6.07) is 13.8. The highest BCUT2D eigenvalue weighted by Crippen LogP contribution is 2.29. The third-order valence-corrected chi connectivity index (χ3v) is 5.52. The Morgan fingerprint density at radius 1 is 1.00 bits per heavy atom. The zero-order valence-corrected chi connectivity index (χ0v) is 19.2. The van der Waals surface area contributed by atoms with Gasteiger partial charge in [0.25, 0.3) is 0 Å². The summed E-state index contributed by atoms with van der Waals surface area (Å²) < 4.78 is 5.79. The topological polar surface area (TPSA) is 95.5 Å². The first-order valence-corrected chi connectivity index (χ1v) is 11.1. The average molecular weight is 448 g/mol. The van der Waals surface area contributed by atoms with Crippen molar-refractivity contribution in [2.75, 3.05) is 53.2 Å². The van der Waals surface area contributed by atoms with Crippen molar-refractivity contribution in [3.8, 4) is 5.75 Å². The van der Waals surface area contributed by atoms with Crippen molar-refractivity contribution >= 4 is 34.9 Å². The maximum absolute atomic E-state index is 11.4. The van der Waals surface area contributed by atoms with Crippen LogP contribution in [0.15, 0.2) is 48.8 Å². The van der Waals surface area contributed by atoms with Crippen molar-refractivity contribution in [1.29, 1.82) is 0 Å². The lowest BCUT2D eigenvalue weighted by atomic mass is 10.1. The molecule has 0 bridgehead atoms. The largest absolute Gasteiger partial charge is 0.492 e. The summed E-state index contributed by atoms with van der Waals surface area (Å²) in [6.45, 7) is 9.35. The zero-order chi connectivity index (χ0) is 23.2. The van der Waals surface area contributed by atoms with Crippen molar-refractivity contribution < 1.29 is 9.53 Å². The molecule has 2 heterocycles. The summed E-state index contributed by atoms with van der Waals surface area (Å²) in [5, 5.41) is 6.09. The second-order valence-corrected chi connectivity index (χ2v) is 7.77. The Balaban J connectivity index is 1.44. The summed E-state index contributed by atoms with van der Waals surface area (Å²) in [7, 11) is 0. The number of amides is 1. The van der Waals surface area contributed by atoms with E-state index in [2.05, 4.69) is 41.5 Å². The van der Waals surface area contributed by atoms with Crippen LogP contribution in [-0.2, 0) is 4.79 Å². The number of piperazine rings is 1. The Morgan fingerprint density at radius 2 is 1.73 bits per heavy atom. The van der Waals surface area contributed by atoms with Crippen molar-refractivity contribution in [3.63, 3.8) is 0 Å². The number of rotatable bonds is 7. The minimum Gasteiger partial charge on any atom is -0.492 e. The molecule has 0 aliphatic carbocycles. The van der Waals surface area contributed by atoms with E-state index < -0.39 is 0 Å². The number of carbonyl (C=O) groups is 1. The van der Waals surface area contributed by atoms with E-state index in [0.717, 1.165) is 54.6 Å². The van der Waals surface area contributed by atoms with Crippen LogP contribution < -0.4 is 25.2 Å². The first-order valence-electron chi connectivity index (χ1n) is 11.1. The summed E-state index contributed by atoms with van der Waals surface area (Å²) in [5.41, 5.74) is 3.61. The van der Waals surface area contributed by atoms with Crippen LogP contribution in [0.1, 0.15) is 19.4 Å². The predicted molar refractivity (Wildman–Crippen MR) is 131 cm³/mol. The van der Waals surface area contributed by atoms with E-state index in [1.54, 1.807) is 0 Å². The van der Waals surface area contributed by atoms with Gasteiger partial charge in [-0.1, -0.05) is 18.2 Å². The second kappa shape index (κ2) is 10.2. The van der Waals surface area contributed by atoms with Gasteiger partial charge in [0.05, 0.1) is 12.3 Å². The van der Waals surface area contributed by atoms with Crippen LogP contribution in [0.2, 0.25) is 0 Å². The first kappa shape index (κ1) is 22.3. The highest BCUT2D eigenvalue weighted by atomic mass is 16.5. The lowest BCUT2D eigenvalue weighted by Crippen LogP contribution is -2.47. The van der Waals surface area contributed by atoms with Crippen LogP contribution >= 0.6 is 0 Å². The molecule has 1 aromatic heterocycles. The number of nitrogens with one attached hydrogen (secondary N) is 2. The minimum absolute atomic E-state index is 0.110. The molecule has 0 unspecified atom stereocenters. The molecule has 9 heteroatoms. The van der Waals surface area contributed by atoms with Crippen molar-refractivity contribution in [2.45, 2.75) is 20.8 Å².